The molecule has 0 bridgehead atoms. The minimum atomic E-state index is -0.960. The van der Waals surface area contributed by atoms with E-state index in [0.29, 0.717) is 26.4 Å². The zero-order chi connectivity index (χ0) is 22.4. The van der Waals surface area contributed by atoms with Gasteiger partial charge in [-0.1, -0.05) is 35.6 Å². The fraction of sp³-hybridized carbons (Fsp3) is 0.0870. The highest BCUT2D eigenvalue weighted by Crippen LogP contribution is 2.46. The van der Waals surface area contributed by atoms with E-state index >= 15 is 0 Å². The van der Waals surface area contributed by atoms with E-state index in [1.807, 2.05) is 0 Å². The monoisotopic (exact) mass is 466 g/mol. The molecule has 160 valence electrons. The number of thiophene rings is 1. The number of Topliss-reactive ketones (excluding diaryl/α,β-unsaturated/α-hetero) is 1. The molecule has 1 amide bonds. The van der Waals surface area contributed by atoms with Gasteiger partial charge in [0.15, 0.2) is 10.9 Å². The fourth-order valence-corrected chi connectivity index (χ4v) is 5.45. The Hall–Kier alpha value is -3.56. The zero-order valence-electron chi connectivity index (χ0n) is 16.6. The van der Waals surface area contributed by atoms with E-state index in [-0.39, 0.29) is 10.7 Å². The number of para-hydroxylation sites is 1. The summed E-state index contributed by atoms with van der Waals surface area (Å²) in [5.74, 6) is -1.80. The van der Waals surface area contributed by atoms with Crippen LogP contribution in [0.4, 0.5) is 9.52 Å². The number of hydrogen-bond acceptors (Lipinski definition) is 7. The number of amides is 1. The smallest absolute Gasteiger partial charge is 0.296 e. The fourth-order valence-electron chi connectivity index (χ4n) is 3.75. The normalized spacial score (nSPS) is 16.2. The summed E-state index contributed by atoms with van der Waals surface area (Å²) in [5, 5.41) is 12.8. The van der Waals surface area contributed by atoms with Crippen LogP contribution in [0, 0.1) is 5.82 Å². The maximum atomic E-state index is 13.7. The van der Waals surface area contributed by atoms with Crippen LogP contribution in [-0.2, 0) is 4.79 Å². The molecule has 0 saturated heterocycles. The lowest BCUT2D eigenvalue weighted by Crippen LogP contribution is -2.31. The first-order valence-electron chi connectivity index (χ1n) is 9.53. The standard InChI is InChI=1S/C23H15FN2O4S2/c1-30-15-6-3-2-5-13(15)19-18(20(27)16-7-4-10-31-16)21(28)22(29)26(19)23-25-14-9-8-12(24)11-17(14)32-23/h2-11,19,28H,1H3/t19-/m1/s1. The Morgan fingerprint density at radius 3 is 2.75 bits per heavy atom. The number of ketones is 1. The van der Waals surface area contributed by atoms with Gasteiger partial charge in [-0.05, 0) is 35.7 Å². The van der Waals surface area contributed by atoms with Crippen LogP contribution in [0.1, 0.15) is 21.3 Å². The highest BCUT2D eigenvalue weighted by molar-refractivity contribution is 7.22. The summed E-state index contributed by atoms with van der Waals surface area (Å²) in [6, 6.07) is 13.5. The van der Waals surface area contributed by atoms with Crippen molar-refractivity contribution in [3.8, 4) is 5.75 Å². The molecule has 1 N–H and O–H groups in total. The van der Waals surface area contributed by atoms with E-state index in [1.54, 1.807) is 41.8 Å². The molecule has 0 unspecified atom stereocenters. The SMILES string of the molecule is COc1ccccc1[C@@H]1C(C(=O)c2cccs2)=C(O)C(=O)N1c1nc2ccc(F)cc2s1. The number of benzene rings is 2. The number of thiazole rings is 1. The number of aromatic nitrogens is 1. The van der Waals surface area contributed by atoms with Gasteiger partial charge in [-0.25, -0.2) is 9.37 Å². The van der Waals surface area contributed by atoms with Gasteiger partial charge in [0.1, 0.15) is 17.6 Å². The van der Waals surface area contributed by atoms with Crippen molar-refractivity contribution in [2.24, 2.45) is 0 Å². The average molecular weight is 467 g/mol. The van der Waals surface area contributed by atoms with Crippen LogP contribution in [-0.4, -0.2) is 28.9 Å². The van der Waals surface area contributed by atoms with E-state index < -0.39 is 29.3 Å². The van der Waals surface area contributed by atoms with Crippen molar-refractivity contribution in [3.05, 3.63) is 87.6 Å². The molecule has 3 heterocycles. The zero-order valence-corrected chi connectivity index (χ0v) is 18.2. The van der Waals surface area contributed by atoms with Gasteiger partial charge >= 0.3 is 0 Å². The predicted octanol–water partition coefficient (Wildman–Crippen LogP) is 5.29. The molecule has 1 atom stereocenters. The number of carbonyl (C=O) groups is 2. The molecule has 9 heteroatoms. The number of nitrogens with zero attached hydrogens (tertiary/aromatic N) is 2. The molecule has 0 radical (unpaired) electrons. The first-order chi connectivity index (χ1) is 15.5. The number of anilines is 1. The summed E-state index contributed by atoms with van der Waals surface area (Å²) in [5.41, 5.74) is 0.987. The van der Waals surface area contributed by atoms with Gasteiger partial charge in [0.2, 0.25) is 5.78 Å². The van der Waals surface area contributed by atoms with Gasteiger partial charge in [0.05, 0.1) is 27.8 Å². The molecule has 4 aromatic rings. The summed E-state index contributed by atoms with van der Waals surface area (Å²) >= 11 is 2.32. The van der Waals surface area contributed by atoms with Crippen molar-refractivity contribution in [1.29, 1.82) is 0 Å². The Morgan fingerprint density at radius 1 is 1.19 bits per heavy atom. The minimum absolute atomic E-state index is 0.0487. The summed E-state index contributed by atoms with van der Waals surface area (Å²) in [7, 11) is 1.49. The maximum absolute atomic E-state index is 13.7. The van der Waals surface area contributed by atoms with E-state index in [1.165, 1.54) is 41.5 Å². The average Bonchev–Trinajstić information content (AvgIpc) is 3.52. The molecule has 5 rings (SSSR count). The number of aliphatic hydroxyl groups is 1. The molecule has 2 aromatic heterocycles. The van der Waals surface area contributed by atoms with Gasteiger partial charge < -0.3 is 9.84 Å². The van der Waals surface area contributed by atoms with Gasteiger partial charge in [-0.2, -0.15) is 0 Å². The third kappa shape index (κ3) is 3.17. The van der Waals surface area contributed by atoms with Crippen LogP contribution >= 0.6 is 22.7 Å². The van der Waals surface area contributed by atoms with Crippen LogP contribution in [0.25, 0.3) is 10.2 Å². The van der Waals surface area contributed by atoms with Crippen LogP contribution < -0.4 is 9.64 Å². The highest BCUT2D eigenvalue weighted by atomic mass is 32.1. The molecule has 1 aliphatic heterocycles. The third-order valence-corrected chi connectivity index (χ3v) is 7.06. The quantitative estimate of drug-likeness (QED) is 0.405. The molecular weight excluding hydrogens is 451 g/mol. The topological polar surface area (TPSA) is 79.7 Å². The van der Waals surface area contributed by atoms with Crippen LogP contribution in [0.15, 0.2) is 71.3 Å². The molecule has 0 spiro atoms. The molecular formula is C23H15FN2O4S2. The first kappa shape index (κ1) is 20.3. The number of rotatable bonds is 5. The highest BCUT2D eigenvalue weighted by Gasteiger charge is 2.47. The number of fused-ring (bicyclic) bond motifs is 1. The van der Waals surface area contributed by atoms with Crippen LogP contribution in [0.3, 0.4) is 0 Å². The number of halogens is 1. The number of carbonyl (C=O) groups excluding carboxylic acids is 2. The van der Waals surface area contributed by atoms with Crippen molar-refractivity contribution in [2.45, 2.75) is 6.04 Å². The van der Waals surface area contributed by atoms with Crippen molar-refractivity contribution in [3.63, 3.8) is 0 Å². The lowest BCUT2D eigenvalue weighted by Gasteiger charge is -2.25. The van der Waals surface area contributed by atoms with E-state index in [2.05, 4.69) is 4.98 Å². The van der Waals surface area contributed by atoms with Crippen molar-refractivity contribution in [2.75, 3.05) is 12.0 Å². The second kappa shape index (κ2) is 7.85. The van der Waals surface area contributed by atoms with E-state index in [0.717, 1.165) is 11.3 Å². The molecule has 0 aliphatic carbocycles. The molecule has 6 nitrogen and oxygen atoms in total. The lowest BCUT2D eigenvalue weighted by atomic mass is 9.95. The van der Waals surface area contributed by atoms with Crippen LogP contribution in [0.5, 0.6) is 5.75 Å². The summed E-state index contributed by atoms with van der Waals surface area (Å²) < 4.78 is 19.8. The first-order valence-corrected chi connectivity index (χ1v) is 11.2. The second-order valence-electron chi connectivity index (χ2n) is 7.00. The third-order valence-electron chi connectivity index (χ3n) is 5.18. The molecule has 0 fully saturated rings. The van der Waals surface area contributed by atoms with Crippen LogP contribution in [0.2, 0.25) is 0 Å². The molecule has 2 aromatic carbocycles. The Morgan fingerprint density at radius 2 is 2.00 bits per heavy atom. The van der Waals surface area contributed by atoms with E-state index in [4.69, 9.17) is 4.74 Å². The largest absolute Gasteiger partial charge is 0.503 e. The molecule has 0 saturated carbocycles. The van der Waals surface area contributed by atoms with Gasteiger partial charge in [-0.3, -0.25) is 14.5 Å². The van der Waals surface area contributed by atoms with Gasteiger partial charge in [0, 0.05) is 5.56 Å². The maximum Gasteiger partial charge on any atom is 0.296 e. The number of ether oxygens (including phenoxy) is 1. The number of aliphatic hydroxyl groups excluding tert-OH is 1. The number of hydrogen-bond donors (Lipinski definition) is 1. The van der Waals surface area contributed by atoms with Gasteiger partial charge in [0.25, 0.3) is 5.91 Å². The molecule has 1 aliphatic rings. The summed E-state index contributed by atoms with van der Waals surface area (Å²) in [4.78, 5) is 32.7. The Kier molecular flexibility index (Phi) is 4.99. The lowest BCUT2D eigenvalue weighted by molar-refractivity contribution is -0.117. The Balaban J connectivity index is 1.72. The molecule has 32 heavy (non-hydrogen) atoms. The van der Waals surface area contributed by atoms with Crippen molar-refractivity contribution in [1.82, 2.24) is 4.98 Å². The second-order valence-corrected chi connectivity index (χ2v) is 8.95. The van der Waals surface area contributed by atoms with Crippen molar-refractivity contribution < 1.29 is 23.8 Å². The van der Waals surface area contributed by atoms with Crippen molar-refractivity contribution >= 4 is 49.7 Å². The summed E-state index contributed by atoms with van der Waals surface area (Å²) in [6.45, 7) is 0. The van der Waals surface area contributed by atoms with Gasteiger partial charge in [-0.15, -0.1) is 11.3 Å². The predicted molar refractivity (Wildman–Crippen MR) is 121 cm³/mol. The number of methoxy groups -OCH3 is 1. The van der Waals surface area contributed by atoms with E-state index in [9.17, 15) is 19.1 Å². The Labute approximate surface area is 189 Å². The minimum Gasteiger partial charge on any atom is -0.503 e. The summed E-state index contributed by atoms with van der Waals surface area (Å²) in [6.07, 6.45) is 0. The Bertz CT molecular complexity index is 1390.